The Labute approximate surface area is 124 Å². The molecule has 3 nitrogen and oxygen atoms in total. The van der Waals surface area contributed by atoms with E-state index in [1.807, 2.05) is 30.3 Å². The molecule has 1 aliphatic rings. The van der Waals surface area contributed by atoms with Gasteiger partial charge in [-0.3, -0.25) is 0 Å². The minimum absolute atomic E-state index is 0.0827. The van der Waals surface area contributed by atoms with E-state index in [0.29, 0.717) is 17.3 Å². The van der Waals surface area contributed by atoms with E-state index in [4.69, 9.17) is 11.6 Å². The highest BCUT2D eigenvalue weighted by Gasteiger charge is 2.35. The lowest BCUT2D eigenvalue weighted by Gasteiger charge is -2.23. The molecule has 0 N–H and O–H groups in total. The van der Waals surface area contributed by atoms with Crippen molar-refractivity contribution in [3.05, 3.63) is 42.5 Å². The van der Waals surface area contributed by atoms with E-state index < -0.39 is 10.0 Å². The largest absolute Gasteiger partial charge is 0.243 e. The van der Waals surface area contributed by atoms with E-state index in [-0.39, 0.29) is 6.04 Å². The Hall–Kier alpha value is -1.10. The van der Waals surface area contributed by atoms with E-state index in [0.717, 1.165) is 23.6 Å². The van der Waals surface area contributed by atoms with Gasteiger partial charge in [0.15, 0.2) is 0 Å². The van der Waals surface area contributed by atoms with Crippen molar-refractivity contribution in [1.29, 1.82) is 0 Å². The van der Waals surface area contributed by atoms with Crippen molar-refractivity contribution in [2.45, 2.75) is 23.8 Å². The topological polar surface area (TPSA) is 37.4 Å². The van der Waals surface area contributed by atoms with Gasteiger partial charge in [-0.25, -0.2) is 8.42 Å². The summed E-state index contributed by atoms with van der Waals surface area (Å²) in [6.45, 7) is 0.558. The average molecular weight is 310 g/mol. The zero-order chi connectivity index (χ0) is 14.2. The van der Waals surface area contributed by atoms with Gasteiger partial charge in [0.25, 0.3) is 0 Å². The summed E-state index contributed by atoms with van der Waals surface area (Å²) >= 11 is 5.91. The lowest BCUT2D eigenvalue weighted by molar-refractivity contribution is 0.411. The fourth-order valence-electron chi connectivity index (χ4n) is 2.83. The lowest BCUT2D eigenvalue weighted by Crippen LogP contribution is -2.36. The SMILES string of the molecule is O=S(=O)(c1cccc2ccccc12)N1CCCC1CCl. The van der Waals surface area contributed by atoms with E-state index >= 15 is 0 Å². The average Bonchev–Trinajstić information content (AvgIpc) is 2.96. The number of rotatable bonds is 3. The Morgan fingerprint density at radius 1 is 1.15 bits per heavy atom. The van der Waals surface area contributed by atoms with Gasteiger partial charge in [0.05, 0.1) is 4.90 Å². The van der Waals surface area contributed by atoms with Crippen molar-refractivity contribution in [2.24, 2.45) is 0 Å². The Kier molecular flexibility index (Phi) is 3.71. The smallest absolute Gasteiger partial charge is 0.207 e. The standard InChI is InChI=1S/C15H16ClNO2S/c16-11-13-7-4-10-17(13)20(18,19)15-9-3-6-12-5-1-2-8-14(12)15/h1-3,5-6,8-9,13H,4,7,10-11H2. The van der Waals surface area contributed by atoms with Gasteiger partial charge < -0.3 is 0 Å². The molecule has 1 unspecified atom stereocenters. The predicted molar refractivity (Wildman–Crippen MR) is 81.6 cm³/mol. The number of alkyl halides is 1. The van der Waals surface area contributed by atoms with Gasteiger partial charge in [-0.05, 0) is 24.3 Å². The summed E-state index contributed by atoms with van der Waals surface area (Å²) in [5, 5.41) is 1.71. The van der Waals surface area contributed by atoms with Crippen LogP contribution in [-0.2, 0) is 10.0 Å². The number of hydrogen-bond donors (Lipinski definition) is 0. The molecule has 1 aliphatic heterocycles. The molecule has 0 aliphatic carbocycles. The third-order valence-electron chi connectivity index (χ3n) is 3.84. The number of benzene rings is 2. The molecule has 5 heteroatoms. The monoisotopic (exact) mass is 309 g/mol. The second-order valence-electron chi connectivity index (χ2n) is 5.04. The Morgan fingerprint density at radius 2 is 1.90 bits per heavy atom. The fourth-order valence-corrected chi connectivity index (χ4v) is 5.14. The second kappa shape index (κ2) is 5.35. The number of fused-ring (bicyclic) bond motifs is 1. The Bertz CT molecular complexity index is 724. The maximum Gasteiger partial charge on any atom is 0.243 e. The van der Waals surface area contributed by atoms with Crippen LogP contribution >= 0.6 is 11.6 Å². The molecule has 2 aromatic carbocycles. The molecule has 0 saturated carbocycles. The second-order valence-corrected chi connectivity index (χ2v) is 7.21. The van der Waals surface area contributed by atoms with E-state index in [9.17, 15) is 8.42 Å². The Balaban J connectivity index is 2.14. The zero-order valence-electron chi connectivity index (χ0n) is 11.0. The van der Waals surface area contributed by atoms with Crippen LogP contribution in [-0.4, -0.2) is 31.2 Å². The first kappa shape index (κ1) is 13.9. The van der Waals surface area contributed by atoms with Crippen molar-refractivity contribution < 1.29 is 8.42 Å². The van der Waals surface area contributed by atoms with Crippen molar-refractivity contribution in [2.75, 3.05) is 12.4 Å². The molecule has 0 spiro atoms. The van der Waals surface area contributed by atoms with Crippen LogP contribution in [0.2, 0.25) is 0 Å². The van der Waals surface area contributed by atoms with E-state index in [2.05, 4.69) is 0 Å². The van der Waals surface area contributed by atoms with Gasteiger partial charge in [-0.15, -0.1) is 11.6 Å². The number of halogens is 1. The lowest BCUT2D eigenvalue weighted by atomic mass is 10.1. The molecule has 3 rings (SSSR count). The highest BCUT2D eigenvalue weighted by atomic mass is 35.5. The first-order chi connectivity index (χ1) is 9.64. The van der Waals surface area contributed by atoms with Crippen LogP contribution < -0.4 is 0 Å². The molecule has 0 bridgehead atoms. The molecule has 0 aromatic heterocycles. The van der Waals surface area contributed by atoms with Crippen LogP contribution in [0.15, 0.2) is 47.4 Å². The van der Waals surface area contributed by atoms with Crippen LogP contribution in [0, 0.1) is 0 Å². The van der Waals surface area contributed by atoms with E-state index in [1.54, 1.807) is 16.4 Å². The van der Waals surface area contributed by atoms with Crippen LogP contribution in [0.1, 0.15) is 12.8 Å². The maximum absolute atomic E-state index is 12.9. The summed E-state index contributed by atoms with van der Waals surface area (Å²) in [6.07, 6.45) is 1.72. The zero-order valence-corrected chi connectivity index (χ0v) is 12.6. The third-order valence-corrected chi connectivity index (χ3v) is 6.20. The summed E-state index contributed by atoms with van der Waals surface area (Å²) in [7, 11) is -3.48. The van der Waals surface area contributed by atoms with Crippen LogP contribution in [0.4, 0.5) is 0 Å². The predicted octanol–water partition coefficient (Wildman–Crippen LogP) is 3.23. The molecule has 1 atom stereocenters. The van der Waals surface area contributed by atoms with E-state index in [1.165, 1.54) is 0 Å². The summed E-state index contributed by atoms with van der Waals surface area (Å²) in [5.74, 6) is 0.351. The van der Waals surface area contributed by atoms with Crippen molar-refractivity contribution >= 4 is 32.4 Å². The molecule has 0 radical (unpaired) electrons. The summed E-state index contributed by atoms with van der Waals surface area (Å²) in [4.78, 5) is 0.382. The molecule has 1 heterocycles. The highest BCUT2D eigenvalue weighted by molar-refractivity contribution is 7.89. The van der Waals surface area contributed by atoms with Crippen molar-refractivity contribution in [1.82, 2.24) is 4.31 Å². The van der Waals surface area contributed by atoms with Gasteiger partial charge in [0, 0.05) is 23.9 Å². The van der Waals surface area contributed by atoms with Gasteiger partial charge in [0.1, 0.15) is 0 Å². The van der Waals surface area contributed by atoms with Gasteiger partial charge in [-0.2, -0.15) is 4.31 Å². The molecule has 1 fully saturated rings. The first-order valence-corrected chi connectivity index (χ1v) is 8.67. The minimum Gasteiger partial charge on any atom is -0.207 e. The minimum atomic E-state index is -3.48. The fraction of sp³-hybridized carbons (Fsp3) is 0.333. The molecule has 106 valence electrons. The maximum atomic E-state index is 12.9. The van der Waals surface area contributed by atoms with Crippen molar-refractivity contribution in [3.63, 3.8) is 0 Å². The molecule has 0 amide bonds. The highest BCUT2D eigenvalue weighted by Crippen LogP contribution is 2.30. The van der Waals surface area contributed by atoms with Crippen molar-refractivity contribution in [3.8, 4) is 0 Å². The van der Waals surface area contributed by atoms with Gasteiger partial charge in [-0.1, -0.05) is 36.4 Å². The summed E-state index contributed by atoms with van der Waals surface area (Å²) in [6, 6.07) is 12.9. The first-order valence-electron chi connectivity index (χ1n) is 6.70. The number of nitrogens with zero attached hydrogens (tertiary/aromatic N) is 1. The number of hydrogen-bond acceptors (Lipinski definition) is 2. The molecule has 2 aromatic rings. The number of sulfonamides is 1. The van der Waals surface area contributed by atoms with Crippen LogP contribution in [0.25, 0.3) is 10.8 Å². The molecule has 20 heavy (non-hydrogen) atoms. The molecular weight excluding hydrogens is 294 g/mol. The third kappa shape index (κ3) is 2.22. The van der Waals surface area contributed by atoms with Gasteiger partial charge in [0.2, 0.25) is 10.0 Å². The van der Waals surface area contributed by atoms with Gasteiger partial charge >= 0.3 is 0 Å². The quantitative estimate of drug-likeness (QED) is 0.816. The van der Waals surface area contributed by atoms with Crippen LogP contribution in [0.5, 0.6) is 0 Å². The normalized spacial score (nSPS) is 20.6. The summed E-state index contributed by atoms with van der Waals surface area (Å²) < 4.78 is 27.3. The van der Waals surface area contributed by atoms with Crippen LogP contribution in [0.3, 0.4) is 0 Å². The Morgan fingerprint density at radius 3 is 2.70 bits per heavy atom. The molecule has 1 saturated heterocycles. The summed E-state index contributed by atoms with van der Waals surface area (Å²) in [5.41, 5.74) is 0. The molecular formula is C15H16ClNO2S.